The van der Waals surface area contributed by atoms with Crippen molar-refractivity contribution in [2.45, 2.75) is 59.0 Å². The van der Waals surface area contributed by atoms with Crippen molar-refractivity contribution < 1.29 is 9.32 Å². The van der Waals surface area contributed by atoms with E-state index in [0.717, 1.165) is 0 Å². The normalized spacial score (nSPS) is 12.5. The van der Waals surface area contributed by atoms with Crippen LogP contribution < -0.4 is 5.32 Å². The summed E-state index contributed by atoms with van der Waals surface area (Å²) in [6.45, 7) is 11.5. The first kappa shape index (κ1) is 16.1. The SMILES string of the molecule is CCc1nc(C(C)(C)NC(=O)c2ncn(C(C)(C)C)n2)no1. The number of carbonyl (C=O) groups is 1. The van der Waals surface area contributed by atoms with Gasteiger partial charge in [-0.3, -0.25) is 4.79 Å². The summed E-state index contributed by atoms with van der Waals surface area (Å²) in [4.78, 5) is 20.6. The highest BCUT2D eigenvalue weighted by Crippen LogP contribution is 2.18. The lowest BCUT2D eigenvalue weighted by Gasteiger charge is -2.21. The van der Waals surface area contributed by atoms with Gasteiger partial charge in [-0.1, -0.05) is 12.1 Å². The minimum absolute atomic E-state index is 0.113. The van der Waals surface area contributed by atoms with Crippen molar-refractivity contribution in [1.82, 2.24) is 30.2 Å². The Kier molecular flexibility index (Phi) is 4.04. The van der Waals surface area contributed by atoms with Crippen molar-refractivity contribution in [2.24, 2.45) is 0 Å². The highest BCUT2D eigenvalue weighted by atomic mass is 16.5. The molecule has 0 saturated heterocycles. The van der Waals surface area contributed by atoms with Crippen molar-refractivity contribution in [3.8, 4) is 0 Å². The van der Waals surface area contributed by atoms with E-state index in [9.17, 15) is 4.79 Å². The second-order valence-electron chi connectivity index (χ2n) is 6.63. The van der Waals surface area contributed by atoms with E-state index in [-0.39, 0.29) is 17.3 Å². The molecule has 0 atom stereocenters. The lowest BCUT2D eigenvalue weighted by Crippen LogP contribution is -2.42. The van der Waals surface area contributed by atoms with Gasteiger partial charge < -0.3 is 9.84 Å². The molecule has 0 aliphatic heterocycles. The Balaban J connectivity index is 2.15. The lowest BCUT2D eigenvalue weighted by atomic mass is 10.1. The zero-order valence-corrected chi connectivity index (χ0v) is 13.8. The van der Waals surface area contributed by atoms with Crippen LogP contribution in [0.5, 0.6) is 0 Å². The van der Waals surface area contributed by atoms with Gasteiger partial charge in [-0.05, 0) is 34.6 Å². The minimum atomic E-state index is -0.777. The predicted octanol–water partition coefficient (Wildman–Crippen LogP) is 1.64. The molecule has 0 unspecified atom stereocenters. The summed E-state index contributed by atoms with van der Waals surface area (Å²) in [5.74, 6) is 0.693. The topological polar surface area (TPSA) is 98.7 Å². The molecule has 0 aromatic carbocycles. The van der Waals surface area contributed by atoms with Gasteiger partial charge in [0.1, 0.15) is 6.33 Å². The van der Waals surface area contributed by atoms with E-state index in [1.807, 2.05) is 27.7 Å². The summed E-state index contributed by atoms with van der Waals surface area (Å²) in [5, 5.41) is 10.9. The van der Waals surface area contributed by atoms with Gasteiger partial charge in [0, 0.05) is 6.42 Å². The van der Waals surface area contributed by atoms with E-state index < -0.39 is 5.54 Å². The number of carbonyl (C=O) groups excluding carboxylic acids is 1. The van der Waals surface area contributed by atoms with E-state index in [1.165, 1.54) is 0 Å². The van der Waals surface area contributed by atoms with Crippen LogP contribution in [-0.2, 0) is 17.5 Å². The van der Waals surface area contributed by atoms with E-state index in [2.05, 4.69) is 25.5 Å². The van der Waals surface area contributed by atoms with E-state index in [1.54, 1.807) is 24.9 Å². The van der Waals surface area contributed by atoms with Crippen molar-refractivity contribution in [3.05, 3.63) is 23.9 Å². The van der Waals surface area contributed by atoms with Crippen molar-refractivity contribution in [1.29, 1.82) is 0 Å². The predicted molar refractivity (Wildman–Crippen MR) is 79.2 cm³/mol. The number of hydrogen-bond donors (Lipinski definition) is 1. The van der Waals surface area contributed by atoms with Crippen LogP contribution in [0.3, 0.4) is 0 Å². The average molecular weight is 306 g/mol. The molecule has 0 bridgehead atoms. The van der Waals surface area contributed by atoms with Crippen LogP contribution in [0.1, 0.15) is 63.9 Å². The number of amides is 1. The number of nitrogens with one attached hydrogen (secondary N) is 1. The van der Waals surface area contributed by atoms with Crippen molar-refractivity contribution in [2.75, 3.05) is 0 Å². The Morgan fingerprint density at radius 1 is 1.32 bits per heavy atom. The standard InChI is InChI=1S/C14H22N6O2/c1-7-9-16-12(19-22-9)14(5,6)17-11(21)10-15-8-20(18-10)13(2,3)4/h8H,7H2,1-6H3,(H,17,21). The summed E-state index contributed by atoms with van der Waals surface area (Å²) in [6, 6.07) is 0. The second-order valence-corrected chi connectivity index (χ2v) is 6.63. The Labute approximate surface area is 129 Å². The molecular weight excluding hydrogens is 284 g/mol. The highest BCUT2D eigenvalue weighted by Gasteiger charge is 2.30. The Morgan fingerprint density at radius 3 is 2.50 bits per heavy atom. The molecule has 0 spiro atoms. The molecule has 1 amide bonds. The molecule has 8 heteroatoms. The van der Waals surface area contributed by atoms with Gasteiger partial charge in [0.25, 0.3) is 5.91 Å². The molecule has 2 aromatic rings. The molecule has 22 heavy (non-hydrogen) atoms. The average Bonchev–Trinajstić information content (AvgIpc) is 3.07. The zero-order chi connectivity index (χ0) is 16.5. The summed E-state index contributed by atoms with van der Waals surface area (Å²) in [6.07, 6.45) is 2.19. The Bertz CT molecular complexity index is 665. The molecule has 0 saturated carbocycles. The maximum absolute atomic E-state index is 12.3. The van der Waals surface area contributed by atoms with E-state index >= 15 is 0 Å². The van der Waals surface area contributed by atoms with Crippen LogP contribution in [0.15, 0.2) is 10.9 Å². The maximum Gasteiger partial charge on any atom is 0.291 e. The molecule has 2 aromatic heterocycles. The molecule has 2 heterocycles. The summed E-state index contributed by atoms with van der Waals surface area (Å²) in [7, 11) is 0. The largest absolute Gasteiger partial charge is 0.339 e. The number of hydrogen-bond acceptors (Lipinski definition) is 6. The number of aryl methyl sites for hydroxylation is 1. The van der Waals surface area contributed by atoms with E-state index in [0.29, 0.717) is 18.1 Å². The Morgan fingerprint density at radius 2 is 2.00 bits per heavy atom. The van der Waals surface area contributed by atoms with Gasteiger partial charge in [0.15, 0.2) is 5.82 Å². The summed E-state index contributed by atoms with van der Waals surface area (Å²) in [5.41, 5.74) is -1.01. The first-order valence-corrected chi connectivity index (χ1v) is 7.21. The lowest BCUT2D eigenvalue weighted by molar-refractivity contribution is 0.0895. The van der Waals surface area contributed by atoms with Gasteiger partial charge in [0.05, 0.1) is 11.1 Å². The maximum atomic E-state index is 12.3. The number of nitrogens with zero attached hydrogens (tertiary/aromatic N) is 5. The molecular formula is C14H22N6O2. The van der Waals surface area contributed by atoms with Crippen LogP contribution >= 0.6 is 0 Å². The van der Waals surface area contributed by atoms with Crippen molar-refractivity contribution >= 4 is 5.91 Å². The van der Waals surface area contributed by atoms with Crippen LogP contribution in [-0.4, -0.2) is 30.8 Å². The molecule has 120 valence electrons. The fourth-order valence-electron chi connectivity index (χ4n) is 1.74. The third-order valence-electron chi connectivity index (χ3n) is 3.14. The molecule has 8 nitrogen and oxygen atoms in total. The van der Waals surface area contributed by atoms with Gasteiger partial charge in [-0.25, -0.2) is 9.67 Å². The molecule has 0 aliphatic carbocycles. The van der Waals surface area contributed by atoms with E-state index in [4.69, 9.17) is 4.52 Å². The number of rotatable bonds is 4. The number of aromatic nitrogens is 5. The Hall–Kier alpha value is -2.25. The van der Waals surface area contributed by atoms with Gasteiger partial charge in [-0.2, -0.15) is 4.98 Å². The quantitative estimate of drug-likeness (QED) is 0.922. The van der Waals surface area contributed by atoms with Gasteiger partial charge >= 0.3 is 0 Å². The molecule has 1 N–H and O–H groups in total. The first-order valence-electron chi connectivity index (χ1n) is 7.21. The van der Waals surface area contributed by atoms with Crippen molar-refractivity contribution in [3.63, 3.8) is 0 Å². The summed E-state index contributed by atoms with van der Waals surface area (Å²) >= 11 is 0. The van der Waals surface area contributed by atoms with Crippen LogP contribution in [0, 0.1) is 0 Å². The van der Waals surface area contributed by atoms with Crippen LogP contribution in [0.25, 0.3) is 0 Å². The summed E-state index contributed by atoms with van der Waals surface area (Å²) < 4.78 is 6.74. The smallest absolute Gasteiger partial charge is 0.291 e. The second kappa shape index (κ2) is 5.51. The molecule has 2 rings (SSSR count). The monoisotopic (exact) mass is 306 g/mol. The molecule has 0 radical (unpaired) electrons. The van der Waals surface area contributed by atoms with Gasteiger partial charge in [0.2, 0.25) is 11.7 Å². The van der Waals surface area contributed by atoms with Crippen LogP contribution in [0.4, 0.5) is 0 Å². The van der Waals surface area contributed by atoms with Crippen LogP contribution in [0.2, 0.25) is 0 Å². The molecule has 0 aliphatic rings. The fourth-order valence-corrected chi connectivity index (χ4v) is 1.74. The third kappa shape index (κ3) is 3.32. The van der Waals surface area contributed by atoms with Gasteiger partial charge in [-0.15, -0.1) is 5.10 Å². The third-order valence-corrected chi connectivity index (χ3v) is 3.14. The fraction of sp³-hybridized carbons (Fsp3) is 0.643. The first-order chi connectivity index (χ1) is 10.1. The molecule has 0 fully saturated rings. The zero-order valence-electron chi connectivity index (χ0n) is 13.8. The highest BCUT2D eigenvalue weighted by molar-refractivity contribution is 5.90. The minimum Gasteiger partial charge on any atom is -0.339 e.